The van der Waals surface area contributed by atoms with Crippen molar-refractivity contribution in [2.45, 2.75) is 56.3 Å². The lowest BCUT2D eigenvalue weighted by Crippen LogP contribution is -2.57. The summed E-state index contributed by atoms with van der Waals surface area (Å²) in [5.41, 5.74) is 12.0. The maximum atomic E-state index is 13.1. The smallest absolute Gasteiger partial charge is 0.326 e. The summed E-state index contributed by atoms with van der Waals surface area (Å²) in [5, 5.41) is 26.4. The molecule has 0 fully saturated rings. The number of phenols is 1. The van der Waals surface area contributed by atoms with E-state index in [0.717, 1.165) is 0 Å². The number of thioether (sulfide) groups is 2. The van der Waals surface area contributed by atoms with Crippen LogP contribution in [0, 0.1) is 0 Å². The predicted octanol–water partition coefficient (Wildman–Crippen LogP) is -0.427. The Labute approximate surface area is 230 Å². The summed E-state index contributed by atoms with van der Waals surface area (Å²) in [6.07, 6.45) is 3.84. The summed E-state index contributed by atoms with van der Waals surface area (Å²) in [5.74, 6) is -2.86. The number of hydrogen-bond donors (Lipinski definition) is 7. The first-order chi connectivity index (χ1) is 18.0. The standard InChI is InChI=1S/C24H37N5O7S2/c1-37-11-9-18(27-21(32)16(25)13-14-3-5-15(30)6-4-14)23(34)28-17(7-8-20(26)31)22(33)29-19(24(35)36)10-12-38-2/h3-6,16-19,30H,7-13,25H2,1-2H3,(H2,26,31)(H,27,32)(H,28,34)(H,29,33)(H,35,36). The number of rotatable bonds is 18. The average molecular weight is 572 g/mol. The molecule has 14 heteroatoms. The van der Waals surface area contributed by atoms with Crippen molar-refractivity contribution < 1.29 is 34.2 Å². The van der Waals surface area contributed by atoms with Crippen LogP contribution in [0.3, 0.4) is 0 Å². The number of carbonyl (C=O) groups is 5. The van der Waals surface area contributed by atoms with Crippen molar-refractivity contribution in [3.8, 4) is 5.75 Å². The molecule has 38 heavy (non-hydrogen) atoms. The van der Waals surface area contributed by atoms with E-state index in [4.69, 9.17) is 11.5 Å². The highest BCUT2D eigenvalue weighted by Gasteiger charge is 2.30. The van der Waals surface area contributed by atoms with Gasteiger partial charge in [-0.15, -0.1) is 0 Å². The molecule has 0 aliphatic rings. The number of phenolic OH excluding ortho intramolecular Hbond substituents is 1. The minimum absolute atomic E-state index is 0.0782. The first-order valence-electron chi connectivity index (χ1n) is 11.9. The second-order valence-corrected chi connectivity index (χ2v) is 10.5. The van der Waals surface area contributed by atoms with Crippen LogP contribution < -0.4 is 27.4 Å². The van der Waals surface area contributed by atoms with Gasteiger partial charge >= 0.3 is 5.97 Å². The molecule has 0 spiro atoms. The van der Waals surface area contributed by atoms with E-state index in [1.165, 1.54) is 35.7 Å². The van der Waals surface area contributed by atoms with Gasteiger partial charge < -0.3 is 37.6 Å². The molecule has 4 unspecified atom stereocenters. The third kappa shape index (κ3) is 12.5. The van der Waals surface area contributed by atoms with Crippen LogP contribution in [0.1, 0.15) is 31.2 Å². The van der Waals surface area contributed by atoms with E-state index >= 15 is 0 Å². The highest BCUT2D eigenvalue weighted by atomic mass is 32.2. The Bertz CT molecular complexity index is 949. The molecule has 0 heterocycles. The fraction of sp³-hybridized carbons (Fsp3) is 0.542. The van der Waals surface area contributed by atoms with E-state index in [9.17, 15) is 34.2 Å². The largest absolute Gasteiger partial charge is 0.508 e. The predicted molar refractivity (Wildman–Crippen MR) is 148 cm³/mol. The third-order valence-electron chi connectivity index (χ3n) is 5.51. The number of carboxylic acids is 1. The molecule has 0 bridgehead atoms. The van der Waals surface area contributed by atoms with Crippen molar-refractivity contribution in [3.05, 3.63) is 29.8 Å². The van der Waals surface area contributed by atoms with E-state index in [2.05, 4.69) is 16.0 Å². The monoisotopic (exact) mass is 571 g/mol. The SMILES string of the molecule is CSCCC(NC(=O)C(CCC(N)=O)NC(=O)C(CCSC)NC(=O)C(N)Cc1ccc(O)cc1)C(=O)O. The van der Waals surface area contributed by atoms with Crippen molar-refractivity contribution >= 4 is 53.1 Å². The van der Waals surface area contributed by atoms with Crippen LogP contribution in [-0.4, -0.2) is 88.0 Å². The fourth-order valence-electron chi connectivity index (χ4n) is 3.36. The summed E-state index contributed by atoms with van der Waals surface area (Å²) in [7, 11) is 0. The van der Waals surface area contributed by atoms with Gasteiger partial charge in [0, 0.05) is 6.42 Å². The van der Waals surface area contributed by atoms with E-state index in [1.807, 2.05) is 6.26 Å². The highest BCUT2D eigenvalue weighted by molar-refractivity contribution is 7.98. The van der Waals surface area contributed by atoms with Crippen LogP contribution in [0.2, 0.25) is 0 Å². The number of nitrogens with two attached hydrogens (primary N) is 2. The van der Waals surface area contributed by atoms with Gasteiger partial charge in [-0.1, -0.05) is 12.1 Å². The Hall–Kier alpha value is -2.97. The molecule has 4 amide bonds. The van der Waals surface area contributed by atoms with Gasteiger partial charge in [-0.2, -0.15) is 23.5 Å². The number of amides is 4. The van der Waals surface area contributed by atoms with Crippen molar-refractivity contribution in [2.24, 2.45) is 11.5 Å². The average Bonchev–Trinajstić information content (AvgIpc) is 2.87. The number of carbonyl (C=O) groups excluding carboxylic acids is 4. The van der Waals surface area contributed by atoms with Gasteiger partial charge in [-0.25, -0.2) is 4.79 Å². The normalized spacial score (nSPS) is 14.0. The Balaban J connectivity index is 2.96. The van der Waals surface area contributed by atoms with Crippen molar-refractivity contribution in [1.82, 2.24) is 16.0 Å². The minimum atomic E-state index is -1.24. The number of primary amides is 1. The van der Waals surface area contributed by atoms with Crippen molar-refractivity contribution in [2.75, 3.05) is 24.0 Å². The van der Waals surface area contributed by atoms with E-state index < -0.39 is 53.8 Å². The molecule has 0 saturated heterocycles. The summed E-state index contributed by atoms with van der Waals surface area (Å²) >= 11 is 2.87. The molecule has 0 aromatic heterocycles. The van der Waals surface area contributed by atoms with Gasteiger partial charge in [0.25, 0.3) is 0 Å². The van der Waals surface area contributed by atoms with Crippen LogP contribution in [0.5, 0.6) is 5.75 Å². The lowest BCUT2D eigenvalue weighted by molar-refractivity contribution is -0.142. The second-order valence-electron chi connectivity index (χ2n) is 8.57. The lowest BCUT2D eigenvalue weighted by Gasteiger charge is -2.25. The molecule has 0 radical (unpaired) electrons. The van der Waals surface area contributed by atoms with Crippen molar-refractivity contribution in [1.29, 1.82) is 0 Å². The number of aliphatic carboxylic acids is 1. The maximum Gasteiger partial charge on any atom is 0.326 e. The molecule has 1 aromatic rings. The van der Waals surface area contributed by atoms with E-state index in [0.29, 0.717) is 17.1 Å². The fourth-order valence-corrected chi connectivity index (χ4v) is 4.30. The van der Waals surface area contributed by atoms with Crippen molar-refractivity contribution in [3.63, 3.8) is 0 Å². The zero-order chi connectivity index (χ0) is 28.7. The van der Waals surface area contributed by atoms with Crippen LogP contribution >= 0.6 is 23.5 Å². The molecule has 9 N–H and O–H groups in total. The molecular formula is C24H37N5O7S2. The molecule has 0 saturated carbocycles. The number of carboxylic acid groups (broad SMARTS) is 1. The summed E-state index contributed by atoms with van der Waals surface area (Å²) in [4.78, 5) is 61.7. The second kappa shape index (κ2) is 17.5. The van der Waals surface area contributed by atoms with Gasteiger partial charge in [-0.05, 0) is 67.4 Å². The summed E-state index contributed by atoms with van der Waals surface area (Å²) in [6, 6.07) is 1.78. The number of nitrogens with one attached hydrogen (secondary N) is 3. The lowest BCUT2D eigenvalue weighted by atomic mass is 10.0. The Morgan fingerprint density at radius 3 is 1.79 bits per heavy atom. The zero-order valence-electron chi connectivity index (χ0n) is 21.5. The third-order valence-corrected chi connectivity index (χ3v) is 6.80. The zero-order valence-corrected chi connectivity index (χ0v) is 23.1. The quantitative estimate of drug-likeness (QED) is 0.121. The molecule has 0 aliphatic heterocycles. The van der Waals surface area contributed by atoms with Gasteiger partial charge in [0.05, 0.1) is 6.04 Å². The first kappa shape index (κ1) is 33.1. The molecule has 0 aliphatic carbocycles. The Kier molecular flexibility index (Phi) is 15.2. The van der Waals surface area contributed by atoms with Crippen LogP contribution in [0.25, 0.3) is 0 Å². The summed E-state index contributed by atoms with van der Waals surface area (Å²) < 4.78 is 0. The van der Waals surface area contributed by atoms with Gasteiger partial charge in [0.15, 0.2) is 0 Å². The van der Waals surface area contributed by atoms with Crippen LogP contribution in [0.4, 0.5) is 0 Å². The molecule has 4 atom stereocenters. The van der Waals surface area contributed by atoms with E-state index in [-0.39, 0.29) is 37.9 Å². The number of benzene rings is 1. The molecule has 212 valence electrons. The Morgan fingerprint density at radius 2 is 1.29 bits per heavy atom. The molecule has 1 rings (SSSR count). The Morgan fingerprint density at radius 1 is 0.816 bits per heavy atom. The summed E-state index contributed by atoms with van der Waals surface area (Å²) in [6.45, 7) is 0. The molecular weight excluding hydrogens is 534 g/mol. The van der Waals surface area contributed by atoms with Gasteiger partial charge in [0.1, 0.15) is 23.9 Å². The van der Waals surface area contributed by atoms with Gasteiger partial charge in [-0.3, -0.25) is 19.2 Å². The highest BCUT2D eigenvalue weighted by Crippen LogP contribution is 2.11. The first-order valence-corrected chi connectivity index (χ1v) is 14.7. The number of hydrogen-bond acceptors (Lipinski definition) is 9. The van der Waals surface area contributed by atoms with Crippen LogP contribution in [-0.2, 0) is 30.4 Å². The van der Waals surface area contributed by atoms with Crippen LogP contribution in [0.15, 0.2) is 24.3 Å². The van der Waals surface area contributed by atoms with Gasteiger partial charge in [0.2, 0.25) is 23.6 Å². The maximum absolute atomic E-state index is 13.1. The van der Waals surface area contributed by atoms with E-state index in [1.54, 1.807) is 18.4 Å². The topological polar surface area (TPSA) is 214 Å². The number of aromatic hydroxyl groups is 1. The minimum Gasteiger partial charge on any atom is -0.508 e. The molecule has 12 nitrogen and oxygen atoms in total. The molecule has 1 aromatic carbocycles.